The number of allylic oxidation sites excluding steroid dienone is 1. The molecule has 0 radical (unpaired) electrons. The number of thiophene rings is 1. The van der Waals surface area contributed by atoms with Crippen molar-refractivity contribution in [3.63, 3.8) is 0 Å². The van der Waals surface area contributed by atoms with Crippen LogP contribution in [0.1, 0.15) is 27.1 Å². The number of carbonyl (C=O) groups is 1. The summed E-state index contributed by atoms with van der Waals surface area (Å²) in [6.07, 6.45) is 1.63. The summed E-state index contributed by atoms with van der Waals surface area (Å²) >= 11 is 3.95. The van der Waals surface area contributed by atoms with Gasteiger partial charge in [-0.05, 0) is 26.3 Å². The second-order valence-corrected chi connectivity index (χ2v) is 9.24. The van der Waals surface area contributed by atoms with Crippen molar-refractivity contribution in [2.45, 2.75) is 38.4 Å². The van der Waals surface area contributed by atoms with Crippen LogP contribution < -0.4 is 5.56 Å². The van der Waals surface area contributed by atoms with Crippen LogP contribution in [0.5, 0.6) is 0 Å². The highest BCUT2D eigenvalue weighted by atomic mass is 32.2. The minimum atomic E-state index is -0.902. The zero-order chi connectivity index (χ0) is 20.4. The molecule has 0 aliphatic rings. The zero-order valence-electron chi connectivity index (χ0n) is 15.7. The molecule has 28 heavy (non-hydrogen) atoms. The van der Waals surface area contributed by atoms with Gasteiger partial charge in [0.25, 0.3) is 5.56 Å². The number of Topliss-reactive ketones (excluding diaryl/α,β-unsaturated/α-hetero) is 1. The van der Waals surface area contributed by atoms with Crippen LogP contribution in [0.3, 0.4) is 0 Å². The maximum Gasteiger partial charge on any atom is 0.263 e. The lowest BCUT2D eigenvalue weighted by Gasteiger charge is -2.10. The number of aromatic nitrogens is 3. The summed E-state index contributed by atoms with van der Waals surface area (Å²) in [6, 6.07) is 2.04. The molecule has 0 unspecified atom stereocenters. The highest BCUT2D eigenvalue weighted by Gasteiger charge is 2.24. The maximum absolute atomic E-state index is 13.0. The Kier molecular flexibility index (Phi) is 6.13. The van der Waals surface area contributed by atoms with Crippen molar-refractivity contribution >= 4 is 50.4 Å². The van der Waals surface area contributed by atoms with E-state index in [9.17, 15) is 14.9 Å². The van der Waals surface area contributed by atoms with Gasteiger partial charge in [-0.1, -0.05) is 17.8 Å². The molecule has 3 aromatic heterocycles. The Hall–Kier alpha value is -2.28. The van der Waals surface area contributed by atoms with Crippen LogP contribution in [0.15, 0.2) is 28.0 Å². The molecule has 3 rings (SSSR count). The summed E-state index contributed by atoms with van der Waals surface area (Å²) in [5.41, 5.74) is 1.59. The number of aryl methyl sites for hydroxylation is 3. The van der Waals surface area contributed by atoms with Gasteiger partial charge in [0.2, 0.25) is 0 Å². The molecule has 6 nitrogen and oxygen atoms in total. The third-order valence-electron chi connectivity index (χ3n) is 4.24. The number of fused-ring (bicyclic) bond motifs is 1. The molecule has 0 saturated heterocycles. The summed E-state index contributed by atoms with van der Waals surface area (Å²) in [6.45, 7) is 9.72. The second-order valence-electron chi connectivity index (χ2n) is 6.21. The molecule has 0 aliphatic heterocycles. The summed E-state index contributed by atoms with van der Waals surface area (Å²) in [5.74, 6) is -1.12. The number of hydrogen-bond donors (Lipinski definition) is 0. The first-order chi connectivity index (χ1) is 13.4. The highest BCUT2D eigenvalue weighted by molar-refractivity contribution is 7.99. The van der Waals surface area contributed by atoms with Crippen molar-refractivity contribution in [2.24, 2.45) is 0 Å². The van der Waals surface area contributed by atoms with E-state index in [1.165, 1.54) is 39.0 Å². The number of carbonyl (C=O) groups excluding carboxylic acids is 1. The molecule has 0 N–H and O–H groups in total. The molecule has 144 valence electrons. The van der Waals surface area contributed by atoms with Gasteiger partial charge in [-0.2, -0.15) is 5.26 Å². The van der Waals surface area contributed by atoms with E-state index in [0.717, 1.165) is 16.1 Å². The molecule has 0 bridgehead atoms. The van der Waals surface area contributed by atoms with E-state index in [2.05, 4.69) is 16.5 Å². The van der Waals surface area contributed by atoms with E-state index in [-0.39, 0.29) is 17.1 Å². The SMILES string of the molecule is C=CCn1c(SCC(=O)[C@@H](C#N)c2nc(C)cs2)nc2sc(C)c(C)c2c1=O. The van der Waals surface area contributed by atoms with E-state index in [4.69, 9.17) is 0 Å². The normalized spacial score (nSPS) is 12.1. The van der Waals surface area contributed by atoms with Crippen molar-refractivity contribution in [1.82, 2.24) is 14.5 Å². The predicted molar refractivity (Wildman–Crippen MR) is 114 cm³/mol. The summed E-state index contributed by atoms with van der Waals surface area (Å²) in [4.78, 5) is 36.2. The predicted octanol–water partition coefficient (Wildman–Crippen LogP) is 3.99. The van der Waals surface area contributed by atoms with Crippen molar-refractivity contribution < 1.29 is 4.79 Å². The number of rotatable bonds is 7. The van der Waals surface area contributed by atoms with Crippen LogP contribution in [0.25, 0.3) is 10.2 Å². The van der Waals surface area contributed by atoms with Crippen LogP contribution in [0, 0.1) is 32.1 Å². The fourth-order valence-corrected chi connectivity index (χ4v) is 5.54. The lowest BCUT2D eigenvalue weighted by atomic mass is 10.1. The molecule has 0 spiro atoms. The number of nitrogens with zero attached hydrogens (tertiary/aromatic N) is 4. The van der Waals surface area contributed by atoms with Crippen molar-refractivity contribution in [3.05, 3.63) is 49.5 Å². The van der Waals surface area contributed by atoms with Crippen LogP contribution in [-0.4, -0.2) is 26.1 Å². The van der Waals surface area contributed by atoms with Gasteiger partial charge < -0.3 is 0 Å². The van der Waals surface area contributed by atoms with Crippen molar-refractivity contribution in [2.75, 3.05) is 5.75 Å². The van der Waals surface area contributed by atoms with Crippen molar-refractivity contribution in [3.8, 4) is 6.07 Å². The smallest absolute Gasteiger partial charge is 0.263 e. The molecule has 0 amide bonds. The molecule has 0 aliphatic carbocycles. The second kappa shape index (κ2) is 8.39. The van der Waals surface area contributed by atoms with Gasteiger partial charge in [0.15, 0.2) is 16.9 Å². The minimum absolute atomic E-state index is 0.0370. The number of nitriles is 1. The monoisotopic (exact) mass is 430 g/mol. The number of hydrogen-bond acceptors (Lipinski definition) is 8. The fourth-order valence-electron chi connectivity index (χ4n) is 2.70. The van der Waals surface area contributed by atoms with Crippen LogP contribution in [0.4, 0.5) is 0 Å². The molecule has 0 fully saturated rings. The van der Waals surface area contributed by atoms with E-state index in [1.807, 2.05) is 32.2 Å². The van der Waals surface area contributed by atoms with Crippen LogP contribution in [-0.2, 0) is 11.3 Å². The highest BCUT2D eigenvalue weighted by Crippen LogP contribution is 2.29. The van der Waals surface area contributed by atoms with E-state index >= 15 is 0 Å². The van der Waals surface area contributed by atoms with E-state index in [1.54, 1.807) is 6.08 Å². The fraction of sp³-hybridized carbons (Fsp3) is 0.316. The van der Waals surface area contributed by atoms with Gasteiger partial charge in [-0.3, -0.25) is 14.2 Å². The van der Waals surface area contributed by atoms with Gasteiger partial charge in [0, 0.05) is 22.5 Å². The average Bonchev–Trinajstić information content (AvgIpc) is 3.20. The van der Waals surface area contributed by atoms with Gasteiger partial charge in [0.1, 0.15) is 9.84 Å². The summed E-state index contributed by atoms with van der Waals surface area (Å²) in [5, 5.41) is 12.8. The molecule has 3 aromatic rings. The molecule has 3 heterocycles. The third kappa shape index (κ3) is 3.81. The number of thioether (sulfide) groups is 1. The van der Waals surface area contributed by atoms with Gasteiger partial charge >= 0.3 is 0 Å². The maximum atomic E-state index is 13.0. The summed E-state index contributed by atoms with van der Waals surface area (Å²) in [7, 11) is 0. The Balaban J connectivity index is 1.92. The van der Waals surface area contributed by atoms with Gasteiger partial charge in [0.05, 0.1) is 17.2 Å². The standard InChI is InChI=1S/C19H18N4O2S3/c1-5-6-23-18(25)15-11(3)12(4)28-17(15)22-19(23)27-9-14(24)13(7-20)16-21-10(2)8-26-16/h5,8,13H,1,6,9H2,2-4H3/t13-/m1/s1. The number of thiazole rings is 1. The molecule has 1 atom stereocenters. The van der Waals surface area contributed by atoms with Crippen molar-refractivity contribution in [1.29, 1.82) is 5.26 Å². The third-order valence-corrected chi connectivity index (χ3v) is 7.37. The summed E-state index contributed by atoms with van der Waals surface area (Å²) < 4.78 is 1.53. The lowest BCUT2D eigenvalue weighted by Crippen LogP contribution is -2.23. The Morgan fingerprint density at radius 1 is 1.43 bits per heavy atom. The van der Waals surface area contributed by atoms with Gasteiger partial charge in [-0.15, -0.1) is 29.3 Å². The lowest BCUT2D eigenvalue weighted by molar-refractivity contribution is -0.116. The molecular formula is C19H18N4O2S3. The first kappa shape index (κ1) is 20.5. The Labute approximate surface area is 174 Å². The number of ketones is 1. The molecule has 0 saturated carbocycles. The van der Waals surface area contributed by atoms with E-state index < -0.39 is 5.92 Å². The van der Waals surface area contributed by atoms with E-state index in [0.29, 0.717) is 26.9 Å². The zero-order valence-corrected chi connectivity index (χ0v) is 18.1. The quantitative estimate of drug-likeness (QED) is 0.320. The largest absolute Gasteiger partial charge is 0.297 e. The van der Waals surface area contributed by atoms with Crippen LogP contribution in [0.2, 0.25) is 0 Å². The molecular weight excluding hydrogens is 412 g/mol. The minimum Gasteiger partial charge on any atom is -0.297 e. The van der Waals surface area contributed by atoms with Gasteiger partial charge in [-0.25, -0.2) is 9.97 Å². The Morgan fingerprint density at radius 2 is 2.18 bits per heavy atom. The Bertz CT molecular complexity index is 1170. The topological polar surface area (TPSA) is 88.6 Å². The molecule has 9 heteroatoms. The average molecular weight is 431 g/mol. The Morgan fingerprint density at radius 3 is 2.79 bits per heavy atom. The van der Waals surface area contributed by atoms with Crippen LogP contribution >= 0.6 is 34.4 Å². The molecule has 0 aromatic carbocycles. The first-order valence-corrected chi connectivity index (χ1v) is 11.1. The first-order valence-electron chi connectivity index (χ1n) is 8.46.